The second-order valence-corrected chi connectivity index (χ2v) is 7.93. The van der Waals surface area contributed by atoms with Gasteiger partial charge in [0.15, 0.2) is 5.13 Å². The first-order chi connectivity index (χ1) is 14.0. The molecular formula is C21H22N4O3S. The maximum Gasteiger partial charge on any atom is 0.350 e. The minimum Gasteiger partial charge on any atom is -0.465 e. The van der Waals surface area contributed by atoms with Gasteiger partial charge < -0.3 is 4.74 Å². The maximum atomic E-state index is 13.3. The normalized spacial score (nSPS) is 13.9. The van der Waals surface area contributed by atoms with E-state index in [0.29, 0.717) is 27.8 Å². The van der Waals surface area contributed by atoms with E-state index < -0.39 is 5.97 Å². The highest BCUT2D eigenvalue weighted by Crippen LogP contribution is 2.30. The summed E-state index contributed by atoms with van der Waals surface area (Å²) in [4.78, 5) is 37.0. The lowest BCUT2D eigenvalue weighted by Gasteiger charge is -2.29. The molecule has 2 aromatic heterocycles. The van der Waals surface area contributed by atoms with E-state index in [1.165, 1.54) is 7.11 Å². The van der Waals surface area contributed by atoms with Crippen molar-refractivity contribution in [3.05, 3.63) is 51.7 Å². The van der Waals surface area contributed by atoms with E-state index in [9.17, 15) is 9.59 Å². The van der Waals surface area contributed by atoms with Gasteiger partial charge in [0.25, 0.3) is 5.91 Å². The van der Waals surface area contributed by atoms with Gasteiger partial charge in [0.2, 0.25) is 0 Å². The molecule has 29 heavy (non-hydrogen) atoms. The smallest absolute Gasteiger partial charge is 0.350 e. The first-order valence-electron chi connectivity index (χ1n) is 9.51. The Bertz CT molecular complexity index is 1110. The number of fused-ring (bicyclic) bond motifs is 2. The number of carbonyl (C=O) groups excluding carboxylic acids is 2. The van der Waals surface area contributed by atoms with Gasteiger partial charge in [0.1, 0.15) is 4.88 Å². The van der Waals surface area contributed by atoms with E-state index in [2.05, 4.69) is 22.1 Å². The fourth-order valence-corrected chi connectivity index (χ4v) is 4.55. The number of carbonyl (C=O) groups is 2. The second-order valence-electron chi connectivity index (χ2n) is 6.93. The molecule has 1 aliphatic rings. The van der Waals surface area contributed by atoms with E-state index in [4.69, 9.17) is 9.72 Å². The van der Waals surface area contributed by atoms with Gasteiger partial charge in [-0.05, 0) is 19.5 Å². The fourth-order valence-electron chi connectivity index (χ4n) is 3.67. The first-order valence-corrected chi connectivity index (χ1v) is 10.3. The molecule has 0 radical (unpaired) electrons. The Labute approximate surface area is 172 Å². The molecule has 0 unspecified atom stereocenters. The van der Waals surface area contributed by atoms with Crippen LogP contribution in [0, 0.1) is 6.92 Å². The minimum absolute atomic E-state index is 0.233. The maximum absolute atomic E-state index is 13.3. The molecule has 8 heteroatoms. The average Bonchev–Trinajstić information content (AvgIpc) is 3.10. The van der Waals surface area contributed by atoms with Crippen LogP contribution in [-0.4, -0.2) is 46.9 Å². The van der Waals surface area contributed by atoms with Gasteiger partial charge >= 0.3 is 5.97 Å². The van der Waals surface area contributed by atoms with Crippen LogP contribution < -0.4 is 5.32 Å². The summed E-state index contributed by atoms with van der Waals surface area (Å²) in [5, 5.41) is 4.09. The molecule has 3 heterocycles. The minimum atomic E-state index is -0.453. The molecule has 0 bridgehead atoms. The average molecular weight is 410 g/mol. The number of aromatic nitrogens is 2. The molecule has 1 N–H and O–H groups in total. The van der Waals surface area contributed by atoms with Crippen LogP contribution >= 0.6 is 11.3 Å². The Balaban J connectivity index is 1.76. The molecule has 150 valence electrons. The predicted octanol–water partition coefficient (Wildman–Crippen LogP) is 3.42. The van der Waals surface area contributed by atoms with Crippen molar-refractivity contribution in [2.45, 2.75) is 26.8 Å². The van der Waals surface area contributed by atoms with Crippen LogP contribution in [0.2, 0.25) is 0 Å². The predicted molar refractivity (Wildman–Crippen MR) is 113 cm³/mol. The van der Waals surface area contributed by atoms with Crippen LogP contribution in [0.5, 0.6) is 0 Å². The number of methoxy groups -OCH3 is 1. The molecule has 7 nitrogen and oxygen atoms in total. The molecule has 0 saturated heterocycles. The molecule has 0 aliphatic carbocycles. The van der Waals surface area contributed by atoms with Crippen LogP contribution in [0.25, 0.3) is 10.9 Å². The molecule has 0 saturated carbocycles. The molecule has 4 rings (SSSR count). The van der Waals surface area contributed by atoms with Crippen LogP contribution in [0.4, 0.5) is 5.13 Å². The van der Waals surface area contributed by atoms with Crippen LogP contribution in [0.3, 0.4) is 0 Å². The number of nitrogens with one attached hydrogen (secondary N) is 1. The summed E-state index contributed by atoms with van der Waals surface area (Å²) in [7, 11) is 1.33. The number of hydrogen-bond acceptors (Lipinski definition) is 7. The van der Waals surface area contributed by atoms with Gasteiger partial charge in [-0.1, -0.05) is 36.5 Å². The number of anilines is 1. The summed E-state index contributed by atoms with van der Waals surface area (Å²) >= 11 is 1.12. The van der Waals surface area contributed by atoms with Gasteiger partial charge in [-0.25, -0.2) is 9.78 Å². The molecule has 0 atom stereocenters. The summed E-state index contributed by atoms with van der Waals surface area (Å²) < 4.78 is 4.78. The Morgan fingerprint density at radius 1 is 1.28 bits per heavy atom. The summed E-state index contributed by atoms with van der Waals surface area (Å²) in [6.07, 6.45) is 0.817. The number of thiazole rings is 1. The molecule has 0 fully saturated rings. The van der Waals surface area contributed by atoms with Crippen LogP contribution in [0.15, 0.2) is 24.3 Å². The fraction of sp³-hybridized carbons (Fsp3) is 0.333. The van der Waals surface area contributed by atoms with Crippen LogP contribution in [-0.2, 0) is 17.7 Å². The van der Waals surface area contributed by atoms with Crippen molar-refractivity contribution in [3.63, 3.8) is 0 Å². The number of amides is 1. The standard InChI is InChI=1S/C21H22N4O3S/c1-4-25-10-9-16-14(11-25)17(13-7-5-6-8-15(13)23-16)19(26)24-21-22-12(2)18(29-21)20(27)28-3/h5-8H,4,9-11H2,1-3H3,(H,22,24,26). The van der Waals surface area contributed by atoms with Gasteiger partial charge in [0, 0.05) is 36.2 Å². The highest BCUT2D eigenvalue weighted by Gasteiger charge is 2.26. The Kier molecular flexibility index (Phi) is 5.29. The quantitative estimate of drug-likeness (QED) is 0.664. The van der Waals surface area contributed by atoms with Gasteiger partial charge in [-0.3, -0.25) is 20.0 Å². The summed E-state index contributed by atoms with van der Waals surface area (Å²) in [5.74, 6) is -0.686. The highest BCUT2D eigenvalue weighted by molar-refractivity contribution is 7.17. The lowest BCUT2D eigenvalue weighted by Crippen LogP contribution is -2.33. The van der Waals surface area contributed by atoms with E-state index >= 15 is 0 Å². The Morgan fingerprint density at radius 2 is 2.07 bits per heavy atom. The number of hydrogen-bond donors (Lipinski definition) is 1. The summed E-state index contributed by atoms with van der Waals surface area (Å²) in [5.41, 5.74) is 3.93. The number of likely N-dealkylation sites (N-methyl/N-ethyl adjacent to an activating group) is 1. The number of para-hydroxylation sites is 1. The number of esters is 1. The van der Waals surface area contributed by atoms with Crippen molar-refractivity contribution in [2.75, 3.05) is 25.5 Å². The van der Waals surface area contributed by atoms with E-state index in [-0.39, 0.29) is 5.91 Å². The van der Waals surface area contributed by atoms with Gasteiger partial charge in [-0.15, -0.1) is 0 Å². The topological polar surface area (TPSA) is 84.4 Å². The monoisotopic (exact) mass is 410 g/mol. The van der Waals surface area contributed by atoms with E-state index in [1.54, 1.807) is 6.92 Å². The number of rotatable bonds is 4. The molecule has 1 aliphatic heterocycles. The number of nitrogens with zero attached hydrogens (tertiary/aromatic N) is 3. The third-order valence-corrected chi connectivity index (χ3v) is 6.24. The highest BCUT2D eigenvalue weighted by atomic mass is 32.1. The molecule has 1 aromatic carbocycles. The van der Waals surface area contributed by atoms with Gasteiger partial charge in [0.05, 0.1) is 23.9 Å². The number of ether oxygens (including phenoxy) is 1. The number of aryl methyl sites for hydroxylation is 1. The Morgan fingerprint density at radius 3 is 2.83 bits per heavy atom. The van der Waals surface area contributed by atoms with Crippen LogP contribution in [0.1, 0.15) is 43.9 Å². The second kappa shape index (κ2) is 7.88. The van der Waals surface area contributed by atoms with Crippen molar-refractivity contribution in [3.8, 4) is 0 Å². The number of benzene rings is 1. The lowest BCUT2D eigenvalue weighted by atomic mass is 9.95. The van der Waals surface area contributed by atoms with Crippen molar-refractivity contribution in [1.29, 1.82) is 0 Å². The van der Waals surface area contributed by atoms with Crippen molar-refractivity contribution >= 4 is 39.2 Å². The zero-order chi connectivity index (χ0) is 20.5. The molecule has 3 aromatic rings. The third-order valence-electron chi connectivity index (χ3n) is 5.19. The van der Waals surface area contributed by atoms with Crippen molar-refractivity contribution < 1.29 is 14.3 Å². The van der Waals surface area contributed by atoms with E-state index in [0.717, 1.165) is 53.0 Å². The molecular weight excluding hydrogens is 388 g/mol. The third kappa shape index (κ3) is 3.61. The molecule has 0 spiro atoms. The first kappa shape index (κ1) is 19.5. The zero-order valence-electron chi connectivity index (χ0n) is 16.6. The summed E-state index contributed by atoms with van der Waals surface area (Å²) in [6.45, 7) is 6.38. The Hall–Kier alpha value is -2.84. The molecule has 1 amide bonds. The SMILES string of the molecule is CCN1CCc2nc3ccccc3c(C(=O)Nc3nc(C)c(C(=O)OC)s3)c2C1. The lowest BCUT2D eigenvalue weighted by molar-refractivity contribution is 0.0605. The van der Waals surface area contributed by atoms with Gasteiger partial charge in [-0.2, -0.15) is 0 Å². The summed E-state index contributed by atoms with van der Waals surface area (Å²) in [6, 6.07) is 7.70. The van der Waals surface area contributed by atoms with E-state index in [1.807, 2.05) is 24.3 Å². The zero-order valence-corrected chi connectivity index (χ0v) is 17.4. The largest absolute Gasteiger partial charge is 0.465 e. The number of pyridine rings is 1. The van der Waals surface area contributed by atoms with Crippen molar-refractivity contribution in [2.24, 2.45) is 0 Å². The van der Waals surface area contributed by atoms with Crippen molar-refractivity contribution in [1.82, 2.24) is 14.9 Å².